The molecule has 0 aliphatic heterocycles. The maximum Gasteiger partial charge on any atom is 0.330 e. The first-order chi connectivity index (χ1) is 16.5. The highest BCUT2D eigenvalue weighted by Gasteiger charge is 2.16. The molecule has 4 rings (SSSR count). The lowest BCUT2D eigenvalue weighted by molar-refractivity contribution is -0.137. The average Bonchev–Trinajstić information content (AvgIpc) is 3.30. The third-order valence-corrected chi connectivity index (χ3v) is 5.85. The summed E-state index contributed by atoms with van der Waals surface area (Å²) in [4.78, 5) is 11.6. The molecule has 34 heavy (non-hydrogen) atoms. The van der Waals surface area contributed by atoms with E-state index >= 15 is 0 Å². The molecule has 0 saturated heterocycles. The highest BCUT2D eigenvalue weighted by molar-refractivity contribution is 6.32. The lowest BCUT2D eigenvalue weighted by Gasteiger charge is -2.18. The number of aromatic amines is 1. The van der Waals surface area contributed by atoms with E-state index in [0.29, 0.717) is 18.1 Å². The third kappa shape index (κ3) is 5.10. The predicted molar refractivity (Wildman–Crippen MR) is 136 cm³/mol. The molecule has 172 valence electrons. The lowest BCUT2D eigenvalue weighted by Crippen LogP contribution is -1.98. The maximum atomic E-state index is 13.8. The van der Waals surface area contributed by atoms with Crippen LogP contribution in [0.2, 0.25) is 5.02 Å². The molecular weight excluding hydrogens is 451 g/mol. The molecule has 0 radical (unpaired) electrons. The second-order valence-electron chi connectivity index (χ2n) is 7.71. The van der Waals surface area contributed by atoms with Crippen LogP contribution in [0, 0.1) is 5.82 Å². The Hall–Kier alpha value is -3.70. The van der Waals surface area contributed by atoms with Crippen molar-refractivity contribution < 1.29 is 13.9 Å². The van der Waals surface area contributed by atoms with E-state index in [1.54, 1.807) is 25.3 Å². The summed E-state index contributed by atoms with van der Waals surface area (Å²) in [6.07, 6.45) is 5.61. The normalized spacial score (nSPS) is 12.2. The van der Waals surface area contributed by atoms with Crippen LogP contribution in [0.15, 0.2) is 72.9 Å². The van der Waals surface area contributed by atoms with Crippen LogP contribution in [-0.2, 0) is 9.53 Å². The summed E-state index contributed by atoms with van der Waals surface area (Å²) < 4.78 is 18.7. The molecular formula is C28H24ClFN2O2. The molecule has 0 fully saturated rings. The number of rotatable bonds is 7. The zero-order chi connectivity index (χ0) is 24.1. The molecule has 4 aromatic rings. The van der Waals surface area contributed by atoms with Crippen LogP contribution in [0.5, 0.6) is 0 Å². The van der Waals surface area contributed by atoms with Crippen LogP contribution in [0.4, 0.5) is 4.39 Å². The predicted octanol–water partition coefficient (Wildman–Crippen LogP) is 7.30. The molecule has 4 nitrogen and oxygen atoms in total. The van der Waals surface area contributed by atoms with E-state index in [4.69, 9.17) is 16.3 Å². The summed E-state index contributed by atoms with van der Waals surface area (Å²) in [5.74, 6) is -0.747. The van der Waals surface area contributed by atoms with Crippen LogP contribution in [0.25, 0.3) is 28.1 Å². The molecule has 6 heteroatoms. The van der Waals surface area contributed by atoms with Gasteiger partial charge in [0.1, 0.15) is 5.82 Å². The highest BCUT2D eigenvalue weighted by atomic mass is 35.5. The van der Waals surface area contributed by atoms with Gasteiger partial charge in [-0.2, -0.15) is 5.10 Å². The smallest absolute Gasteiger partial charge is 0.330 e. The Bertz CT molecular complexity index is 1390. The van der Waals surface area contributed by atoms with Crippen LogP contribution < -0.4 is 0 Å². The fourth-order valence-electron chi connectivity index (χ4n) is 3.96. The van der Waals surface area contributed by atoms with E-state index in [2.05, 4.69) is 23.2 Å². The minimum absolute atomic E-state index is 0.336. The third-order valence-electron chi connectivity index (χ3n) is 5.54. The molecule has 0 atom stereocenters. The van der Waals surface area contributed by atoms with E-state index in [-0.39, 0.29) is 11.8 Å². The monoisotopic (exact) mass is 474 g/mol. The van der Waals surface area contributed by atoms with Gasteiger partial charge in [-0.1, -0.05) is 54.9 Å². The SMILES string of the molecule is CCOC(=O)/C=C/c1ccc(/C(=C(/CC)c2ccc(F)cc2Cl)c2ccc3[nH]ncc3c2)cc1. The fraction of sp³-hybridized carbons (Fsp3) is 0.143. The van der Waals surface area contributed by atoms with Gasteiger partial charge in [0.2, 0.25) is 0 Å². The number of ether oxygens (including phenoxy) is 1. The second-order valence-corrected chi connectivity index (χ2v) is 8.12. The first-order valence-electron chi connectivity index (χ1n) is 11.1. The molecule has 0 bridgehead atoms. The van der Waals surface area contributed by atoms with Crippen molar-refractivity contribution in [3.63, 3.8) is 0 Å². The molecule has 1 N–H and O–H groups in total. The number of benzene rings is 3. The van der Waals surface area contributed by atoms with Crippen molar-refractivity contribution in [2.45, 2.75) is 20.3 Å². The van der Waals surface area contributed by atoms with Crippen LogP contribution in [-0.4, -0.2) is 22.8 Å². The maximum absolute atomic E-state index is 13.8. The van der Waals surface area contributed by atoms with Crippen LogP contribution in [0.3, 0.4) is 0 Å². The summed E-state index contributed by atoms with van der Waals surface area (Å²) in [5, 5.41) is 8.47. The highest BCUT2D eigenvalue weighted by Crippen LogP contribution is 2.38. The summed E-state index contributed by atoms with van der Waals surface area (Å²) in [6, 6.07) is 18.5. The van der Waals surface area contributed by atoms with Gasteiger partial charge in [0.25, 0.3) is 0 Å². The van der Waals surface area contributed by atoms with E-state index < -0.39 is 0 Å². The summed E-state index contributed by atoms with van der Waals surface area (Å²) in [5.41, 5.74) is 6.59. The fourth-order valence-corrected chi connectivity index (χ4v) is 4.25. The molecule has 0 aliphatic carbocycles. The summed E-state index contributed by atoms with van der Waals surface area (Å²) >= 11 is 6.48. The molecule has 0 saturated carbocycles. The summed E-state index contributed by atoms with van der Waals surface area (Å²) in [6.45, 7) is 4.17. The number of carbonyl (C=O) groups is 1. The van der Waals surface area contributed by atoms with Crippen molar-refractivity contribution >= 4 is 45.7 Å². The quantitative estimate of drug-likeness (QED) is 0.174. The van der Waals surface area contributed by atoms with Gasteiger partial charge in [-0.15, -0.1) is 0 Å². The van der Waals surface area contributed by atoms with Gasteiger partial charge in [-0.3, -0.25) is 5.10 Å². The van der Waals surface area contributed by atoms with Crippen molar-refractivity contribution in [2.24, 2.45) is 0 Å². The number of nitrogens with one attached hydrogen (secondary N) is 1. The van der Waals surface area contributed by atoms with Gasteiger partial charge in [0, 0.05) is 11.5 Å². The second kappa shape index (κ2) is 10.5. The number of carbonyl (C=O) groups excluding carboxylic acids is 1. The van der Waals surface area contributed by atoms with E-state index in [0.717, 1.165) is 44.3 Å². The number of fused-ring (bicyclic) bond motifs is 1. The Balaban J connectivity index is 1.85. The largest absolute Gasteiger partial charge is 0.463 e. The van der Waals surface area contributed by atoms with E-state index in [1.807, 2.05) is 36.4 Å². The summed E-state index contributed by atoms with van der Waals surface area (Å²) in [7, 11) is 0. The van der Waals surface area contributed by atoms with E-state index in [9.17, 15) is 9.18 Å². The van der Waals surface area contributed by atoms with Crippen molar-refractivity contribution in [1.82, 2.24) is 10.2 Å². The van der Waals surface area contributed by atoms with E-state index in [1.165, 1.54) is 18.2 Å². The molecule has 0 amide bonds. The minimum Gasteiger partial charge on any atom is -0.463 e. The Morgan fingerprint density at radius 2 is 1.82 bits per heavy atom. The van der Waals surface area contributed by atoms with Gasteiger partial charge < -0.3 is 4.74 Å². The van der Waals surface area contributed by atoms with Gasteiger partial charge >= 0.3 is 5.97 Å². The standard InChI is InChI=1S/C28H24ClFN2O2/c1-3-23(24-12-11-22(30)16-25(24)29)28(20-10-13-26-21(15-20)17-31-32-26)19-8-5-18(6-9-19)7-14-27(33)34-4-2/h5-17H,3-4H2,1-2H3,(H,31,32)/b14-7+,28-23+. The van der Waals surface area contributed by atoms with Crippen molar-refractivity contribution in [1.29, 1.82) is 0 Å². The van der Waals surface area contributed by atoms with Crippen molar-refractivity contribution in [2.75, 3.05) is 6.61 Å². The van der Waals surface area contributed by atoms with Crippen LogP contribution >= 0.6 is 11.6 Å². The number of aromatic nitrogens is 2. The number of esters is 1. The van der Waals surface area contributed by atoms with Gasteiger partial charge in [-0.25, -0.2) is 9.18 Å². The molecule has 1 heterocycles. The zero-order valence-corrected chi connectivity index (χ0v) is 19.7. The Labute approximate surface area is 202 Å². The molecule has 0 aliphatic rings. The molecule has 1 aromatic heterocycles. The Kier molecular flexibility index (Phi) is 7.24. The van der Waals surface area contributed by atoms with Crippen LogP contribution in [0.1, 0.15) is 42.5 Å². The average molecular weight is 475 g/mol. The number of hydrogen-bond acceptors (Lipinski definition) is 3. The molecule has 0 spiro atoms. The van der Waals surface area contributed by atoms with Crippen molar-refractivity contribution in [3.8, 4) is 0 Å². The zero-order valence-electron chi connectivity index (χ0n) is 18.9. The number of hydrogen-bond donors (Lipinski definition) is 1. The number of halogens is 2. The first kappa shape index (κ1) is 23.5. The minimum atomic E-state index is -0.375. The molecule has 0 unspecified atom stereocenters. The van der Waals surface area contributed by atoms with Crippen molar-refractivity contribution in [3.05, 3.63) is 106 Å². The molecule has 3 aromatic carbocycles. The lowest BCUT2D eigenvalue weighted by atomic mass is 9.87. The van der Waals surface area contributed by atoms with Gasteiger partial charge in [-0.05, 0) is 77.1 Å². The van der Waals surface area contributed by atoms with Gasteiger partial charge in [0.15, 0.2) is 0 Å². The Morgan fingerprint density at radius 3 is 2.53 bits per heavy atom. The van der Waals surface area contributed by atoms with Gasteiger partial charge in [0.05, 0.1) is 23.3 Å². The number of H-pyrrole nitrogens is 1. The Morgan fingerprint density at radius 1 is 1.06 bits per heavy atom. The number of nitrogens with zero attached hydrogens (tertiary/aromatic N) is 1. The number of allylic oxidation sites excluding steroid dienone is 1. The topological polar surface area (TPSA) is 55.0 Å². The first-order valence-corrected chi connectivity index (χ1v) is 11.4.